The van der Waals surface area contributed by atoms with Gasteiger partial charge in [-0.15, -0.1) is 0 Å². The Morgan fingerprint density at radius 3 is 2.32 bits per heavy atom. The summed E-state index contributed by atoms with van der Waals surface area (Å²) in [5, 5.41) is 3.41. The highest BCUT2D eigenvalue weighted by Gasteiger charge is 2.31. The predicted octanol–water partition coefficient (Wildman–Crippen LogP) is 4.65. The average molecular weight is 621 g/mol. The second-order valence-electron chi connectivity index (χ2n) is 9.52. The van der Waals surface area contributed by atoms with E-state index in [0.29, 0.717) is 32.8 Å². The Morgan fingerprint density at radius 2 is 1.66 bits per heavy atom. The minimum Gasteiger partial charge on any atom is -0.454 e. The molecule has 12 heteroatoms. The molecule has 1 atom stereocenters. The van der Waals surface area contributed by atoms with E-state index in [4.69, 9.17) is 32.7 Å². The number of hydrogen-bond acceptors (Lipinski definition) is 6. The maximum absolute atomic E-state index is 13.8. The fourth-order valence-corrected chi connectivity index (χ4v) is 6.09. The van der Waals surface area contributed by atoms with E-state index in [-0.39, 0.29) is 51.0 Å². The number of hydrogen-bond donors (Lipinski definition) is 1. The van der Waals surface area contributed by atoms with Crippen molar-refractivity contribution in [3.8, 4) is 11.5 Å². The first-order valence-corrected chi connectivity index (χ1v) is 15.5. The topological polar surface area (TPSA) is 105 Å². The van der Waals surface area contributed by atoms with Crippen LogP contribution in [0.2, 0.25) is 10.0 Å². The maximum Gasteiger partial charge on any atom is 0.242 e. The first kappa shape index (κ1) is 30.5. The molecule has 3 aromatic rings. The molecular formula is C29H31Cl2N3O6S. The Morgan fingerprint density at radius 1 is 0.976 bits per heavy atom. The van der Waals surface area contributed by atoms with Gasteiger partial charge in [0.25, 0.3) is 0 Å². The number of nitrogens with zero attached hydrogens (tertiary/aromatic N) is 2. The van der Waals surface area contributed by atoms with Crippen LogP contribution in [0.5, 0.6) is 11.5 Å². The van der Waals surface area contributed by atoms with E-state index in [1.54, 1.807) is 36.4 Å². The van der Waals surface area contributed by atoms with Crippen molar-refractivity contribution < 1.29 is 27.5 Å². The van der Waals surface area contributed by atoms with Crippen LogP contribution in [0.4, 0.5) is 5.69 Å². The van der Waals surface area contributed by atoms with Gasteiger partial charge in [-0.3, -0.25) is 13.9 Å². The predicted molar refractivity (Wildman–Crippen MR) is 159 cm³/mol. The van der Waals surface area contributed by atoms with E-state index in [1.165, 1.54) is 16.3 Å². The van der Waals surface area contributed by atoms with E-state index < -0.39 is 16.1 Å². The van der Waals surface area contributed by atoms with Gasteiger partial charge in [0.05, 0.1) is 11.9 Å². The number of nitrogens with one attached hydrogen (secondary N) is 1. The summed E-state index contributed by atoms with van der Waals surface area (Å²) in [7, 11) is -2.16. The highest BCUT2D eigenvalue weighted by molar-refractivity contribution is 7.92. The lowest BCUT2D eigenvalue weighted by molar-refractivity contribution is -0.141. The number of benzene rings is 3. The van der Waals surface area contributed by atoms with Gasteiger partial charge in [0.2, 0.25) is 28.6 Å². The van der Waals surface area contributed by atoms with E-state index >= 15 is 0 Å². The summed E-state index contributed by atoms with van der Waals surface area (Å²) in [6.07, 6.45) is 1.54. The van der Waals surface area contributed by atoms with Crippen LogP contribution in [-0.4, -0.2) is 57.8 Å². The number of fused-ring (bicyclic) bond motifs is 1. The minimum atomic E-state index is -3.67. The van der Waals surface area contributed by atoms with Gasteiger partial charge in [0.1, 0.15) is 6.04 Å². The lowest BCUT2D eigenvalue weighted by atomic mass is 10.0. The molecule has 1 aliphatic rings. The zero-order valence-corrected chi connectivity index (χ0v) is 25.0. The van der Waals surface area contributed by atoms with Gasteiger partial charge in [-0.1, -0.05) is 59.6 Å². The quantitative estimate of drug-likeness (QED) is 0.316. The molecule has 2 amide bonds. The fraction of sp³-hybridized carbons (Fsp3) is 0.310. The average Bonchev–Trinajstić information content (AvgIpc) is 3.42. The number of carbonyl (C=O) groups is 2. The van der Waals surface area contributed by atoms with Crippen LogP contribution in [0.25, 0.3) is 0 Å². The van der Waals surface area contributed by atoms with Crippen LogP contribution >= 0.6 is 23.2 Å². The van der Waals surface area contributed by atoms with Crippen molar-refractivity contribution in [1.29, 1.82) is 0 Å². The number of likely N-dealkylation sites (N-methyl/N-ethyl adjacent to an activating group) is 1. The molecule has 3 aromatic carbocycles. The number of halogens is 2. The molecule has 0 aromatic heterocycles. The molecule has 1 heterocycles. The normalized spacial score (nSPS) is 13.0. The first-order chi connectivity index (χ1) is 19.6. The van der Waals surface area contributed by atoms with Crippen LogP contribution in [-0.2, 0) is 32.6 Å². The highest BCUT2D eigenvalue weighted by Crippen LogP contribution is 2.36. The van der Waals surface area contributed by atoms with Crippen molar-refractivity contribution >= 4 is 50.7 Å². The van der Waals surface area contributed by atoms with Gasteiger partial charge in [-0.05, 0) is 36.2 Å². The Labute approximate surface area is 250 Å². The van der Waals surface area contributed by atoms with Crippen molar-refractivity contribution in [2.75, 3.05) is 30.9 Å². The van der Waals surface area contributed by atoms with Gasteiger partial charge in [0.15, 0.2) is 11.5 Å². The Balaban J connectivity index is 1.58. The summed E-state index contributed by atoms with van der Waals surface area (Å²) in [5.41, 5.74) is 1.79. The van der Waals surface area contributed by atoms with Gasteiger partial charge in [0, 0.05) is 54.7 Å². The van der Waals surface area contributed by atoms with E-state index in [2.05, 4.69) is 5.32 Å². The second kappa shape index (κ2) is 13.5. The molecule has 218 valence electrons. The molecule has 0 bridgehead atoms. The summed E-state index contributed by atoms with van der Waals surface area (Å²) in [4.78, 5) is 28.4. The molecule has 0 saturated carbocycles. The maximum atomic E-state index is 13.8. The molecule has 4 rings (SSSR count). The molecule has 0 spiro atoms. The molecular weight excluding hydrogens is 589 g/mol. The van der Waals surface area contributed by atoms with Gasteiger partial charge >= 0.3 is 0 Å². The van der Waals surface area contributed by atoms with E-state index in [9.17, 15) is 18.0 Å². The van der Waals surface area contributed by atoms with E-state index in [1.807, 2.05) is 30.3 Å². The number of anilines is 1. The van der Waals surface area contributed by atoms with Crippen molar-refractivity contribution in [2.45, 2.75) is 31.8 Å². The molecule has 0 radical (unpaired) electrons. The van der Waals surface area contributed by atoms with Crippen LogP contribution in [0.15, 0.2) is 66.7 Å². The molecule has 41 heavy (non-hydrogen) atoms. The zero-order chi connectivity index (χ0) is 29.6. The van der Waals surface area contributed by atoms with Crippen LogP contribution in [0.3, 0.4) is 0 Å². The lowest BCUT2D eigenvalue weighted by Gasteiger charge is -2.32. The van der Waals surface area contributed by atoms with Crippen LogP contribution in [0, 0.1) is 0 Å². The number of rotatable bonds is 12. The van der Waals surface area contributed by atoms with Gasteiger partial charge < -0.3 is 19.7 Å². The summed E-state index contributed by atoms with van der Waals surface area (Å²) in [5.74, 6) is 0.294. The third kappa shape index (κ3) is 7.63. The van der Waals surface area contributed by atoms with Crippen LogP contribution in [0.1, 0.15) is 24.0 Å². The first-order valence-electron chi connectivity index (χ1n) is 12.9. The van der Waals surface area contributed by atoms with Crippen molar-refractivity contribution in [3.63, 3.8) is 0 Å². The minimum absolute atomic E-state index is 0.000210. The molecule has 9 nitrogen and oxygen atoms in total. The number of ether oxygens (including phenoxy) is 2. The monoisotopic (exact) mass is 619 g/mol. The molecule has 1 N–H and O–H groups in total. The molecule has 0 fully saturated rings. The smallest absolute Gasteiger partial charge is 0.242 e. The number of sulfonamides is 1. The highest BCUT2D eigenvalue weighted by atomic mass is 35.5. The largest absolute Gasteiger partial charge is 0.454 e. The molecule has 0 aliphatic carbocycles. The molecule has 1 aliphatic heterocycles. The van der Waals surface area contributed by atoms with Crippen molar-refractivity contribution in [2.24, 2.45) is 0 Å². The second-order valence-corrected chi connectivity index (χ2v) is 12.2. The van der Waals surface area contributed by atoms with Gasteiger partial charge in [-0.2, -0.15) is 0 Å². The van der Waals surface area contributed by atoms with Gasteiger partial charge in [-0.25, -0.2) is 8.42 Å². The van der Waals surface area contributed by atoms with Crippen molar-refractivity contribution in [3.05, 3.63) is 87.9 Å². The Hall–Kier alpha value is -3.47. The standard InChI is InChI=1S/C29H31Cl2N3O6S/c1-32-29(36)25(16-20-8-4-3-5-9-20)33(18-22-23(30)10-6-11-24(22)31)28(35)12-7-15-34(41(2,37)38)21-13-14-26-27(17-21)40-19-39-26/h3-6,8-11,13-14,17,25H,7,12,15-16,18-19H2,1-2H3,(H,32,36)/t25-/m0/s1. The van der Waals surface area contributed by atoms with Crippen LogP contribution < -0.4 is 19.1 Å². The third-order valence-electron chi connectivity index (χ3n) is 6.70. The number of carbonyl (C=O) groups excluding carboxylic acids is 2. The Kier molecular flexibility index (Phi) is 10.0. The zero-order valence-electron chi connectivity index (χ0n) is 22.7. The van der Waals surface area contributed by atoms with E-state index in [0.717, 1.165) is 11.8 Å². The molecule has 0 saturated heterocycles. The summed E-state index contributed by atoms with van der Waals surface area (Å²) in [6, 6.07) is 18.4. The fourth-order valence-electron chi connectivity index (χ4n) is 4.62. The Bertz CT molecular complexity index is 1480. The number of amides is 2. The SMILES string of the molecule is CNC(=O)[C@H](Cc1ccccc1)N(Cc1c(Cl)cccc1Cl)C(=O)CCCN(c1ccc2c(c1)OCO2)S(C)(=O)=O. The summed E-state index contributed by atoms with van der Waals surface area (Å²) >= 11 is 12.9. The summed E-state index contributed by atoms with van der Waals surface area (Å²) < 4.78 is 37.3. The van der Waals surface area contributed by atoms with Crippen molar-refractivity contribution in [1.82, 2.24) is 10.2 Å². The summed E-state index contributed by atoms with van der Waals surface area (Å²) in [6.45, 7) is 0.0986. The molecule has 0 unspecified atom stereocenters. The lowest BCUT2D eigenvalue weighted by Crippen LogP contribution is -2.50. The third-order valence-corrected chi connectivity index (χ3v) is 8.61.